The van der Waals surface area contributed by atoms with Gasteiger partial charge in [0.2, 0.25) is 0 Å². The lowest BCUT2D eigenvalue weighted by Crippen LogP contribution is -2.46. The third-order valence-electron chi connectivity index (χ3n) is 3.16. The Balaban J connectivity index is 2.12. The van der Waals surface area contributed by atoms with Gasteiger partial charge < -0.3 is 9.84 Å². The summed E-state index contributed by atoms with van der Waals surface area (Å²) in [7, 11) is 1.48. The first-order valence-corrected chi connectivity index (χ1v) is 7.14. The number of ether oxygens (including phenoxy) is 1. The van der Waals surface area contributed by atoms with E-state index in [0.717, 1.165) is 5.75 Å². The first-order chi connectivity index (χ1) is 9.11. The number of hydrogen-bond acceptors (Lipinski definition) is 4. The number of benzene rings is 1. The Labute approximate surface area is 115 Å². The molecule has 4 nitrogen and oxygen atoms in total. The van der Waals surface area contributed by atoms with E-state index in [2.05, 4.69) is 0 Å². The van der Waals surface area contributed by atoms with E-state index in [1.54, 1.807) is 23.9 Å². The molecule has 1 atom stereocenters. The number of rotatable bonds is 4. The van der Waals surface area contributed by atoms with Gasteiger partial charge in [0.1, 0.15) is 17.6 Å². The van der Waals surface area contributed by atoms with Crippen LogP contribution in [0.25, 0.3) is 0 Å². The second-order valence-corrected chi connectivity index (χ2v) is 5.51. The third-order valence-corrected chi connectivity index (χ3v) is 4.18. The minimum atomic E-state index is -0.846. The van der Waals surface area contributed by atoms with E-state index in [4.69, 9.17) is 9.84 Å². The fraction of sp³-hybridized carbons (Fsp3) is 0.462. The molecule has 0 radical (unpaired) electrons. The van der Waals surface area contributed by atoms with E-state index in [0.29, 0.717) is 30.2 Å². The van der Waals surface area contributed by atoms with E-state index in [1.807, 2.05) is 4.90 Å². The first-order valence-electron chi connectivity index (χ1n) is 5.99. The third kappa shape index (κ3) is 3.39. The van der Waals surface area contributed by atoms with Crippen molar-refractivity contribution in [3.63, 3.8) is 0 Å². The predicted octanol–water partition coefficient (Wildman–Crippen LogP) is 1.84. The molecule has 0 amide bonds. The lowest BCUT2D eigenvalue weighted by molar-refractivity contribution is -0.142. The Morgan fingerprint density at radius 1 is 1.63 bits per heavy atom. The summed E-state index contributed by atoms with van der Waals surface area (Å²) in [6, 6.07) is 4.12. The smallest absolute Gasteiger partial charge is 0.321 e. The summed E-state index contributed by atoms with van der Waals surface area (Å²) in [6.45, 7) is 0.973. The molecule has 1 aliphatic rings. The molecular weight excluding hydrogens is 269 g/mol. The van der Waals surface area contributed by atoms with Gasteiger partial charge in [-0.2, -0.15) is 11.8 Å². The van der Waals surface area contributed by atoms with Gasteiger partial charge in [-0.15, -0.1) is 0 Å². The van der Waals surface area contributed by atoms with Crippen LogP contribution in [0.4, 0.5) is 4.39 Å². The number of aliphatic carboxylic acids is 1. The number of methoxy groups -OCH3 is 1. The minimum absolute atomic E-state index is 0.313. The van der Waals surface area contributed by atoms with Crippen LogP contribution in [0, 0.1) is 5.82 Å². The van der Waals surface area contributed by atoms with Crippen LogP contribution in [-0.2, 0) is 11.3 Å². The topological polar surface area (TPSA) is 49.8 Å². The number of thioether (sulfide) groups is 1. The molecular formula is C13H16FNO3S. The molecule has 1 saturated heterocycles. The normalized spacial score (nSPS) is 20.2. The molecule has 0 saturated carbocycles. The van der Waals surface area contributed by atoms with Crippen LogP contribution in [0.15, 0.2) is 18.2 Å². The largest absolute Gasteiger partial charge is 0.497 e. The molecule has 2 rings (SSSR count). The highest BCUT2D eigenvalue weighted by Gasteiger charge is 2.29. The summed E-state index contributed by atoms with van der Waals surface area (Å²) in [5, 5.41) is 9.17. The van der Waals surface area contributed by atoms with Gasteiger partial charge in [0.05, 0.1) is 7.11 Å². The van der Waals surface area contributed by atoms with Crippen molar-refractivity contribution in [3.8, 4) is 5.75 Å². The van der Waals surface area contributed by atoms with Crippen LogP contribution in [-0.4, -0.2) is 47.2 Å². The van der Waals surface area contributed by atoms with E-state index in [1.165, 1.54) is 13.2 Å². The maximum atomic E-state index is 13.9. The Bertz CT molecular complexity index is 469. The van der Waals surface area contributed by atoms with Crippen molar-refractivity contribution in [2.24, 2.45) is 0 Å². The van der Waals surface area contributed by atoms with Crippen LogP contribution >= 0.6 is 11.8 Å². The van der Waals surface area contributed by atoms with Crippen molar-refractivity contribution in [2.75, 3.05) is 25.2 Å². The monoisotopic (exact) mass is 285 g/mol. The zero-order valence-corrected chi connectivity index (χ0v) is 11.5. The van der Waals surface area contributed by atoms with Crippen LogP contribution in [0.2, 0.25) is 0 Å². The maximum absolute atomic E-state index is 13.9. The molecule has 1 fully saturated rings. The van der Waals surface area contributed by atoms with E-state index >= 15 is 0 Å². The van der Waals surface area contributed by atoms with Crippen molar-refractivity contribution < 1.29 is 19.0 Å². The molecule has 1 N–H and O–H groups in total. The number of carboxylic acid groups (broad SMARTS) is 1. The molecule has 1 aromatic carbocycles. The summed E-state index contributed by atoms with van der Waals surface area (Å²) in [4.78, 5) is 13.0. The lowest BCUT2D eigenvalue weighted by Gasteiger charge is -2.32. The summed E-state index contributed by atoms with van der Waals surface area (Å²) in [5.74, 6) is 0.683. The van der Waals surface area contributed by atoms with E-state index < -0.39 is 12.0 Å². The summed E-state index contributed by atoms with van der Waals surface area (Å²) >= 11 is 1.62. The highest BCUT2D eigenvalue weighted by molar-refractivity contribution is 7.99. The van der Waals surface area contributed by atoms with Crippen molar-refractivity contribution in [1.29, 1.82) is 0 Å². The number of carboxylic acids is 1. The number of carbonyl (C=O) groups is 1. The van der Waals surface area contributed by atoms with Crippen molar-refractivity contribution in [1.82, 2.24) is 4.90 Å². The first kappa shape index (κ1) is 14.1. The molecule has 1 unspecified atom stereocenters. The van der Waals surface area contributed by atoms with Gasteiger partial charge in [-0.25, -0.2) is 4.39 Å². The van der Waals surface area contributed by atoms with Gasteiger partial charge >= 0.3 is 5.97 Å². The van der Waals surface area contributed by atoms with Crippen molar-refractivity contribution >= 4 is 17.7 Å². The fourth-order valence-corrected chi connectivity index (χ4v) is 3.16. The predicted molar refractivity (Wildman–Crippen MR) is 72.1 cm³/mol. The highest BCUT2D eigenvalue weighted by Crippen LogP contribution is 2.22. The molecule has 1 heterocycles. The highest BCUT2D eigenvalue weighted by atomic mass is 32.2. The minimum Gasteiger partial charge on any atom is -0.497 e. The number of hydrogen-bond donors (Lipinski definition) is 1. The maximum Gasteiger partial charge on any atom is 0.321 e. The Kier molecular flexibility index (Phi) is 4.66. The SMILES string of the molecule is COc1ccc(CN2CCSCC2C(=O)O)c(F)c1. The van der Waals surface area contributed by atoms with Crippen LogP contribution in [0.5, 0.6) is 5.75 Å². The molecule has 0 spiro atoms. The zero-order valence-electron chi connectivity index (χ0n) is 10.6. The Morgan fingerprint density at radius 2 is 2.42 bits per heavy atom. The van der Waals surface area contributed by atoms with Crippen molar-refractivity contribution in [3.05, 3.63) is 29.6 Å². The summed E-state index contributed by atoms with van der Waals surface area (Å²) in [6.07, 6.45) is 0. The molecule has 0 aromatic heterocycles. The Morgan fingerprint density at radius 3 is 3.05 bits per heavy atom. The molecule has 104 valence electrons. The average Bonchev–Trinajstić information content (AvgIpc) is 2.41. The van der Waals surface area contributed by atoms with Gasteiger partial charge in [0.25, 0.3) is 0 Å². The van der Waals surface area contributed by atoms with Crippen molar-refractivity contribution in [2.45, 2.75) is 12.6 Å². The average molecular weight is 285 g/mol. The molecule has 6 heteroatoms. The molecule has 0 bridgehead atoms. The number of halogens is 1. The fourth-order valence-electron chi connectivity index (χ4n) is 2.06. The van der Waals surface area contributed by atoms with E-state index in [9.17, 15) is 9.18 Å². The van der Waals surface area contributed by atoms with Gasteiger partial charge in [0.15, 0.2) is 0 Å². The standard InChI is InChI=1S/C13H16FNO3S/c1-18-10-3-2-9(11(14)6-10)7-15-4-5-19-8-12(15)13(16)17/h2-3,6,12H,4-5,7-8H2,1H3,(H,16,17). The van der Waals surface area contributed by atoms with Crippen LogP contribution in [0.1, 0.15) is 5.56 Å². The summed E-state index contributed by atoms with van der Waals surface area (Å²) in [5.41, 5.74) is 0.499. The lowest BCUT2D eigenvalue weighted by atomic mass is 10.1. The van der Waals surface area contributed by atoms with Crippen LogP contribution < -0.4 is 4.74 Å². The van der Waals surface area contributed by atoms with Crippen LogP contribution in [0.3, 0.4) is 0 Å². The second kappa shape index (κ2) is 6.25. The second-order valence-electron chi connectivity index (χ2n) is 4.36. The number of nitrogens with zero attached hydrogens (tertiary/aromatic N) is 1. The molecule has 19 heavy (non-hydrogen) atoms. The molecule has 1 aromatic rings. The molecule has 1 aliphatic heterocycles. The van der Waals surface area contributed by atoms with Gasteiger partial charge in [-0.1, -0.05) is 6.07 Å². The zero-order chi connectivity index (χ0) is 13.8. The van der Waals surface area contributed by atoms with Gasteiger partial charge in [-0.3, -0.25) is 9.69 Å². The summed E-state index contributed by atoms with van der Waals surface area (Å²) < 4.78 is 18.8. The van der Waals surface area contributed by atoms with Gasteiger partial charge in [0, 0.05) is 36.2 Å². The van der Waals surface area contributed by atoms with Gasteiger partial charge in [-0.05, 0) is 6.07 Å². The quantitative estimate of drug-likeness (QED) is 0.914. The Hall–Kier alpha value is -1.27. The van der Waals surface area contributed by atoms with E-state index in [-0.39, 0.29) is 5.82 Å². The molecule has 0 aliphatic carbocycles.